The maximum Gasteiger partial charge on any atom is 0.170 e. The molecule has 0 atom stereocenters. The molecule has 136 valence electrons. The van der Waals surface area contributed by atoms with Gasteiger partial charge in [-0.2, -0.15) is 0 Å². The van der Waals surface area contributed by atoms with Crippen molar-refractivity contribution in [3.05, 3.63) is 59.4 Å². The maximum absolute atomic E-state index is 13.9. The van der Waals surface area contributed by atoms with E-state index in [2.05, 4.69) is 4.90 Å². The number of piperidine rings is 1. The summed E-state index contributed by atoms with van der Waals surface area (Å²) >= 11 is 0. The molecule has 2 aromatic carbocycles. The second-order valence-electron chi connectivity index (χ2n) is 7.11. The van der Waals surface area contributed by atoms with Crippen LogP contribution in [0.1, 0.15) is 35.2 Å². The van der Waals surface area contributed by atoms with Gasteiger partial charge in [-0.3, -0.25) is 9.69 Å². The van der Waals surface area contributed by atoms with Crippen LogP contribution in [-0.2, 0) is 6.54 Å². The quantitative estimate of drug-likeness (QED) is 0.839. The maximum atomic E-state index is 13.9. The lowest BCUT2D eigenvalue weighted by Gasteiger charge is -2.44. The summed E-state index contributed by atoms with van der Waals surface area (Å²) in [5.41, 5.74) is 0.870. The number of likely N-dealkylation sites (tertiary alicyclic amines) is 1. The van der Waals surface area contributed by atoms with E-state index >= 15 is 0 Å². The van der Waals surface area contributed by atoms with Crippen LogP contribution in [0.25, 0.3) is 0 Å². The molecule has 2 aromatic rings. The van der Waals surface area contributed by atoms with E-state index < -0.39 is 5.60 Å². The summed E-state index contributed by atoms with van der Waals surface area (Å²) in [6, 6.07) is 12.3. The Morgan fingerprint density at radius 3 is 2.69 bits per heavy atom. The highest BCUT2D eigenvalue weighted by Crippen LogP contribution is 2.40. The zero-order chi connectivity index (χ0) is 18.1. The molecule has 0 unspecified atom stereocenters. The number of halogens is 1. The third-order valence-corrected chi connectivity index (χ3v) is 5.42. The molecule has 2 aliphatic rings. The highest BCUT2D eigenvalue weighted by molar-refractivity contribution is 6.00. The van der Waals surface area contributed by atoms with E-state index in [1.165, 1.54) is 6.07 Å². The first kappa shape index (κ1) is 17.0. The van der Waals surface area contributed by atoms with Crippen LogP contribution in [0.2, 0.25) is 0 Å². The van der Waals surface area contributed by atoms with Gasteiger partial charge in [-0.25, -0.2) is 4.39 Å². The number of fused-ring (bicyclic) bond motifs is 1. The first-order valence-corrected chi connectivity index (χ1v) is 8.95. The van der Waals surface area contributed by atoms with Gasteiger partial charge >= 0.3 is 0 Å². The number of rotatable bonds is 3. The Hall–Kier alpha value is -2.40. The van der Waals surface area contributed by atoms with Gasteiger partial charge in [0, 0.05) is 38.0 Å². The van der Waals surface area contributed by atoms with Crippen molar-refractivity contribution in [1.82, 2.24) is 4.90 Å². The zero-order valence-electron chi connectivity index (χ0n) is 14.8. The lowest BCUT2D eigenvalue weighted by atomic mass is 9.82. The smallest absolute Gasteiger partial charge is 0.170 e. The Morgan fingerprint density at radius 1 is 1.19 bits per heavy atom. The third kappa shape index (κ3) is 3.19. The normalized spacial score (nSPS) is 19.1. The van der Waals surface area contributed by atoms with Crippen molar-refractivity contribution in [3.8, 4) is 11.5 Å². The van der Waals surface area contributed by atoms with Crippen molar-refractivity contribution in [2.45, 2.75) is 31.4 Å². The number of hydrogen-bond donors (Lipinski definition) is 0. The van der Waals surface area contributed by atoms with Gasteiger partial charge in [0.25, 0.3) is 0 Å². The topological polar surface area (TPSA) is 38.8 Å². The summed E-state index contributed by atoms with van der Waals surface area (Å²) in [6.45, 7) is 2.16. The van der Waals surface area contributed by atoms with E-state index in [1.807, 2.05) is 24.3 Å². The van der Waals surface area contributed by atoms with Crippen LogP contribution in [-0.4, -0.2) is 36.5 Å². The minimum atomic E-state index is -0.440. The van der Waals surface area contributed by atoms with Crippen molar-refractivity contribution >= 4 is 5.78 Å². The summed E-state index contributed by atoms with van der Waals surface area (Å²) in [6.07, 6.45) is 1.91. The second kappa shape index (κ2) is 6.72. The van der Waals surface area contributed by atoms with Gasteiger partial charge < -0.3 is 9.47 Å². The van der Waals surface area contributed by atoms with Gasteiger partial charge in [0.1, 0.15) is 22.9 Å². The van der Waals surface area contributed by atoms with Gasteiger partial charge in [0.2, 0.25) is 0 Å². The molecule has 0 saturated carbocycles. The SMILES string of the molecule is COc1ccc2c(c1)C(=O)CC1(CCN(Cc3ccccc3F)CC1)O2. The molecule has 0 radical (unpaired) electrons. The molecule has 0 aliphatic carbocycles. The molecule has 1 saturated heterocycles. The molecule has 0 N–H and O–H groups in total. The molecular formula is C21H22FNO3. The van der Waals surface area contributed by atoms with Crippen LogP contribution >= 0.6 is 0 Å². The van der Waals surface area contributed by atoms with Crippen molar-refractivity contribution in [1.29, 1.82) is 0 Å². The summed E-state index contributed by atoms with van der Waals surface area (Å²) in [7, 11) is 1.59. The Kier molecular flexibility index (Phi) is 4.41. The minimum absolute atomic E-state index is 0.104. The molecule has 0 amide bonds. The van der Waals surface area contributed by atoms with Crippen LogP contribution in [0.4, 0.5) is 4.39 Å². The van der Waals surface area contributed by atoms with Gasteiger partial charge in [-0.15, -0.1) is 0 Å². The second-order valence-corrected chi connectivity index (χ2v) is 7.11. The van der Waals surface area contributed by atoms with E-state index in [1.54, 1.807) is 19.2 Å². The fourth-order valence-corrected chi connectivity index (χ4v) is 3.87. The molecule has 26 heavy (non-hydrogen) atoms. The number of ketones is 1. The van der Waals surface area contributed by atoms with E-state index in [4.69, 9.17) is 9.47 Å². The summed E-state index contributed by atoms with van der Waals surface area (Å²) in [5.74, 6) is 1.24. The van der Waals surface area contributed by atoms with E-state index in [9.17, 15) is 9.18 Å². The summed E-state index contributed by atoms with van der Waals surface area (Å²) in [5, 5.41) is 0. The van der Waals surface area contributed by atoms with Crippen molar-refractivity contribution < 1.29 is 18.7 Å². The number of benzene rings is 2. The van der Waals surface area contributed by atoms with Crippen LogP contribution in [0.15, 0.2) is 42.5 Å². The molecule has 4 nitrogen and oxygen atoms in total. The number of ether oxygens (including phenoxy) is 2. The monoisotopic (exact) mass is 355 g/mol. The molecule has 1 fully saturated rings. The molecule has 4 rings (SSSR count). The number of carbonyl (C=O) groups is 1. The number of nitrogens with zero attached hydrogens (tertiary/aromatic N) is 1. The van der Waals surface area contributed by atoms with Crippen LogP contribution < -0.4 is 9.47 Å². The Bertz CT molecular complexity index is 828. The number of Topliss-reactive ketones (excluding diaryl/α,β-unsaturated/α-hetero) is 1. The summed E-state index contributed by atoms with van der Waals surface area (Å²) in [4.78, 5) is 14.9. The van der Waals surface area contributed by atoms with Crippen LogP contribution in [0.3, 0.4) is 0 Å². The number of hydrogen-bond acceptors (Lipinski definition) is 4. The van der Waals surface area contributed by atoms with Gasteiger partial charge in [0.15, 0.2) is 5.78 Å². The predicted molar refractivity (Wildman–Crippen MR) is 96.2 cm³/mol. The summed E-state index contributed by atoms with van der Waals surface area (Å²) < 4.78 is 25.3. The largest absolute Gasteiger partial charge is 0.497 e. The van der Waals surface area contributed by atoms with Crippen LogP contribution in [0.5, 0.6) is 11.5 Å². The predicted octanol–water partition coefficient (Wildman–Crippen LogP) is 3.83. The van der Waals surface area contributed by atoms with Crippen molar-refractivity contribution in [2.75, 3.05) is 20.2 Å². The molecule has 2 heterocycles. The first-order valence-electron chi connectivity index (χ1n) is 8.95. The highest BCUT2D eigenvalue weighted by Gasteiger charge is 2.43. The van der Waals surface area contributed by atoms with Crippen molar-refractivity contribution in [3.63, 3.8) is 0 Å². The number of methoxy groups -OCH3 is 1. The van der Waals surface area contributed by atoms with Gasteiger partial charge in [0.05, 0.1) is 19.1 Å². The van der Waals surface area contributed by atoms with Crippen molar-refractivity contribution in [2.24, 2.45) is 0 Å². The molecule has 0 bridgehead atoms. The Balaban J connectivity index is 1.45. The highest BCUT2D eigenvalue weighted by atomic mass is 19.1. The lowest BCUT2D eigenvalue weighted by molar-refractivity contribution is -0.0109. The standard InChI is InChI=1S/C21H22FNO3/c1-25-16-6-7-20-17(12-16)19(24)13-21(26-20)8-10-23(11-9-21)14-15-4-2-3-5-18(15)22/h2-7,12H,8-11,13-14H2,1H3. The zero-order valence-corrected chi connectivity index (χ0v) is 14.8. The third-order valence-electron chi connectivity index (χ3n) is 5.42. The number of carbonyl (C=O) groups excluding carboxylic acids is 1. The average molecular weight is 355 g/mol. The lowest BCUT2D eigenvalue weighted by Crippen LogP contribution is -2.50. The van der Waals surface area contributed by atoms with E-state index in [-0.39, 0.29) is 11.6 Å². The molecule has 1 spiro atoms. The van der Waals surface area contributed by atoms with E-state index in [0.29, 0.717) is 35.6 Å². The fraction of sp³-hybridized carbons (Fsp3) is 0.381. The fourth-order valence-electron chi connectivity index (χ4n) is 3.87. The van der Waals surface area contributed by atoms with Gasteiger partial charge in [-0.05, 0) is 24.3 Å². The molecule has 0 aromatic heterocycles. The van der Waals surface area contributed by atoms with E-state index in [0.717, 1.165) is 25.9 Å². The Morgan fingerprint density at radius 2 is 1.96 bits per heavy atom. The minimum Gasteiger partial charge on any atom is -0.497 e. The Labute approximate surface area is 152 Å². The van der Waals surface area contributed by atoms with Gasteiger partial charge in [-0.1, -0.05) is 18.2 Å². The van der Waals surface area contributed by atoms with Crippen LogP contribution in [0, 0.1) is 5.82 Å². The molecule has 2 aliphatic heterocycles. The molecular weight excluding hydrogens is 333 g/mol. The molecule has 5 heteroatoms. The average Bonchev–Trinajstić information content (AvgIpc) is 2.65. The first-order chi connectivity index (χ1) is 12.6.